The van der Waals surface area contributed by atoms with Crippen LogP contribution in [0.25, 0.3) is 0 Å². The Hall–Kier alpha value is -3.56. The lowest BCUT2D eigenvalue weighted by Gasteiger charge is -2.33. The molecule has 3 aromatic rings. The maximum absolute atomic E-state index is 14.1. The summed E-state index contributed by atoms with van der Waals surface area (Å²) in [6.45, 7) is 5.76. The Morgan fingerprint density at radius 1 is 0.976 bits per heavy atom. The molecule has 1 N–H and O–H groups in total. The molecule has 0 heterocycles. The molecule has 0 aliphatic heterocycles. The van der Waals surface area contributed by atoms with Gasteiger partial charge in [0.25, 0.3) is 10.0 Å². The molecular weight excluding hydrogens is 562 g/mol. The number of benzene rings is 3. The summed E-state index contributed by atoms with van der Waals surface area (Å²) >= 11 is 6.44. The van der Waals surface area contributed by atoms with Crippen molar-refractivity contribution in [3.63, 3.8) is 0 Å². The highest BCUT2D eigenvalue weighted by Gasteiger charge is 2.34. The minimum absolute atomic E-state index is 0.00804. The Kier molecular flexibility index (Phi) is 11.6. The third kappa shape index (κ3) is 8.24. The fourth-order valence-electron chi connectivity index (χ4n) is 4.35. The Labute approximate surface area is 248 Å². The van der Waals surface area contributed by atoms with Gasteiger partial charge in [-0.2, -0.15) is 0 Å². The van der Waals surface area contributed by atoms with Crippen LogP contribution in [-0.2, 0) is 26.2 Å². The molecule has 0 unspecified atom stereocenters. The number of nitrogens with one attached hydrogen (secondary N) is 1. The van der Waals surface area contributed by atoms with Crippen LogP contribution in [0.15, 0.2) is 77.7 Å². The molecule has 41 heavy (non-hydrogen) atoms. The molecule has 2 amide bonds. The van der Waals surface area contributed by atoms with Crippen molar-refractivity contribution < 1.29 is 22.7 Å². The van der Waals surface area contributed by atoms with Crippen LogP contribution in [0.5, 0.6) is 5.75 Å². The number of hydrogen-bond acceptors (Lipinski definition) is 5. The van der Waals surface area contributed by atoms with Crippen molar-refractivity contribution in [3.8, 4) is 5.75 Å². The normalized spacial score (nSPS) is 11.9. The number of ether oxygens (including phenoxy) is 1. The van der Waals surface area contributed by atoms with Gasteiger partial charge in [0.2, 0.25) is 11.8 Å². The zero-order chi connectivity index (χ0) is 30.0. The summed E-state index contributed by atoms with van der Waals surface area (Å²) in [6.07, 6.45) is 2.06. The topological polar surface area (TPSA) is 96.0 Å². The zero-order valence-corrected chi connectivity index (χ0v) is 25.5. The van der Waals surface area contributed by atoms with Crippen molar-refractivity contribution in [3.05, 3.63) is 88.9 Å². The van der Waals surface area contributed by atoms with Crippen LogP contribution in [0.2, 0.25) is 5.02 Å². The first-order valence-corrected chi connectivity index (χ1v) is 15.5. The van der Waals surface area contributed by atoms with Gasteiger partial charge in [-0.25, -0.2) is 8.42 Å². The number of carbonyl (C=O) groups excluding carboxylic acids is 2. The number of unbranched alkanes of at least 4 members (excludes halogenated alkanes) is 1. The van der Waals surface area contributed by atoms with Crippen LogP contribution in [0, 0.1) is 6.92 Å². The highest BCUT2D eigenvalue weighted by molar-refractivity contribution is 7.92. The standard InChI is InChI=1S/C31H38ClN3O5S/c1-5-7-20-33-31(37)29(6-2)34(21-24-10-8-9-11-28(24)32)30(36)22-35(25-14-12-23(3)13-15-25)41(38,39)27-18-16-26(40-4)17-19-27/h8-19,29H,5-7,20-22H2,1-4H3,(H,33,37)/t29-/m1/s1. The Morgan fingerprint density at radius 2 is 1.63 bits per heavy atom. The number of halogens is 1. The predicted molar refractivity (Wildman–Crippen MR) is 163 cm³/mol. The molecule has 1 atom stereocenters. The van der Waals surface area contributed by atoms with E-state index < -0.39 is 28.5 Å². The number of hydrogen-bond donors (Lipinski definition) is 1. The first-order chi connectivity index (χ1) is 19.6. The van der Waals surface area contributed by atoms with Crippen LogP contribution >= 0.6 is 11.6 Å². The average Bonchev–Trinajstić information content (AvgIpc) is 2.97. The highest BCUT2D eigenvalue weighted by atomic mass is 35.5. The molecule has 220 valence electrons. The fraction of sp³-hybridized carbons (Fsp3) is 0.355. The SMILES string of the molecule is CCCCNC(=O)[C@@H](CC)N(Cc1ccccc1Cl)C(=O)CN(c1ccc(C)cc1)S(=O)(=O)c1ccc(OC)cc1. The largest absolute Gasteiger partial charge is 0.497 e. The van der Waals surface area contributed by atoms with E-state index in [0.29, 0.717) is 35.0 Å². The van der Waals surface area contributed by atoms with Crippen molar-refractivity contribution >= 4 is 39.1 Å². The molecule has 0 aliphatic carbocycles. The number of nitrogens with zero attached hydrogens (tertiary/aromatic N) is 2. The maximum atomic E-state index is 14.1. The Bertz CT molecular complexity index is 1410. The van der Waals surface area contributed by atoms with E-state index in [1.807, 2.05) is 20.8 Å². The number of methoxy groups -OCH3 is 1. The van der Waals surface area contributed by atoms with Crippen molar-refractivity contribution in [2.45, 2.75) is 57.5 Å². The van der Waals surface area contributed by atoms with Crippen LogP contribution < -0.4 is 14.4 Å². The molecule has 0 spiro atoms. The minimum Gasteiger partial charge on any atom is -0.497 e. The summed E-state index contributed by atoms with van der Waals surface area (Å²) in [7, 11) is -2.67. The number of carbonyl (C=O) groups is 2. The van der Waals surface area contributed by atoms with Gasteiger partial charge in [0.15, 0.2) is 0 Å². The molecule has 0 radical (unpaired) electrons. The van der Waals surface area contributed by atoms with Gasteiger partial charge in [-0.3, -0.25) is 13.9 Å². The van der Waals surface area contributed by atoms with E-state index >= 15 is 0 Å². The molecule has 0 bridgehead atoms. The summed E-state index contributed by atoms with van der Waals surface area (Å²) < 4.78 is 34.2. The van der Waals surface area contributed by atoms with Crippen LogP contribution in [0.3, 0.4) is 0 Å². The third-order valence-electron chi connectivity index (χ3n) is 6.76. The summed E-state index contributed by atoms with van der Waals surface area (Å²) in [4.78, 5) is 28.8. The van der Waals surface area contributed by atoms with E-state index in [-0.39, 0.29) is 17.3 Å². The molecule has 0 aliphatic rings. The van der Waals surface area contributed by atoms with E-state index in [1.54, 1.807) is 60.7 Å². The minimum atomic E-state index is -4.17. The van der Waals surface area contributed by atoms with Crippen LogP contribution in [-0.4, -0.2) is 51.4 Å². The van der Waals surface area contributed by atoms with Gasteiger partial charge in [0.05, 0.1) is 17.7 Å². The maximum Gasteiger partial charge on any atom is 0.264 e. The number of rotatable bonds is 14. The highest BCUT2D eigenvalue weighted by Crippen LogP contribution is 2.27. The van der Waals surface area contributed by atoms with Crippen molar-refractivity contribution in [1.29, 1.82) is 0 Å². The van der Waals surface area contributed by atoms with E-state index in [4.69, 9.17) is 16.3 Å². The van der Waals surface area contributed by atoms with E-state index in [1.165, 1.54) is 24.1 Å². The van der Waals surface area contributed by atoms with Crippen molar-refractivity contribution in [1.82, 2.24) is 10.2 Å². The summed E-state index contributed by atoms with van der Waals surface area (Å²) in [5.74, 6) is -0.311. The fourth-order valence-corrected chi connectivity index (χ4v) is 5.96. The lowest BCUT2D eigenvalue weighted by atomic mass is 10.1. The second-order valence-corrected chi connectivity index (χ2v) is 12.0. The van der Waals surface area contributed by atoms with Gasteiger partial charge < -0.3 is 15.0 Å². The summed E-state index contributed by atoms with van der Waals surface area (Å²) in [5.41, 5.74) is 1.93. The zero-order valence-electron chi connectivity index (χ0n) is 24.0. The Morgan fingerprint density at radius 3 is 2.22 bits per heavy atom. The van der Waals surface area contributed by atoms with Gasteiger partial charge in [-0.05, 0) is 67.8 Å². The van der Waals surface area contributed by atoms with E-state index in [0.717, 1.165) is 22.7 Å². The number of anilines is 1. The lowest BCUT2D eigenvalue weighted by Crippen LogP contribution is -2.52. The first-order valence-electron chi connectivity index (χ1n) is 13.7. The van der Waals surface area contributed by atoms with Gasteiger partial charge in [0, 0.05) is 18.1 Å². The van der Waals surface area contributed by atoms with E-state index in [9.17, 15) is 18.0 Å². The van der Waals surface area contributed by atoms with Gasteiger partial charge >= 0.3 is 0 Å². The monoisotopic (exact) mass is 599 g/mol. The number of sulfonamides is 1. The van der Waals surface area contributed by atoms with Gasteiger partial charge in [-0.15, -0.1) is 0 Å². The van der Waals surface area contributed by atoms with E-state index in [2.05, 4.69) is 5.32 Å². The van der Waals surface area contributed by atoms with Crippen LogP contribution in [0.1, 0.15) is 44.2 Å². The predicted octanol–water partition coefficient (Wildman–Crippen LogP) is 5.58. The van der Waals surface area contributed by atoms with Gasteiger partial charge in [0.1, 0.15) is 18.3 Å². The smallest absolute Gasteiger partial charge is 0.264 e. The number of amides is 2. The van der Waals surface area contributed by atoms with Gasteiger partial charge in [-0.1, -0.05) is 67.8 Å². The Balaban J connectivity index is 2.04. The summed E-state index contributed by atoms with van der Waals surface area (Å²) in [6, 6.07) is 19.2. The molecule has 0 saturated heterocycles. The lowest BCUT2D eigenvalue weighted by molar-refractivity contribution is -0.140. The van der Waals surface area contributed by atoms with Crippen molar-refractivity contribution in [2.24, 2.45) is 0 Å². The summed E-state index contributed by atoms with van der Waals surface area (Å²) in [5, 5.41) is 3.37. The molecule has 0 saturated carbocycles. The molecule has 0 fully saturated rings. The second kappa shape index (κ2) is 14.9. The number of aryl methyl sites for hydroxylation is 1. The molecular formula is C31H38ClN3O5S. The molecule has 10 heteroatoms. The second-order valence-electron chi connectivity index (χ2n) is 9.70. The van der Waals surface area contributed by atoms with Crippen molar-refractivity contribution in [2.75, 3.05) is 24.5 Å². The first kappa shape index (κ1) is 32.0. The molecule has 8 nitrogen and oxygen atoms in total. The van der Waals surface area contributed by atoms with Crippen LogP contribution in [0.4, 0.5) is 5.69 Å². The quantitative estimate of drug-likeness (QED) is 0.244. The third-order valence-corrected chi connectivity index (χ3v) is 8.92. The molecule has 3 rings (SSSR count). The average molecular weight is 600 g/mol. The molecule has 3 aromatic carbocycles. The molecule has 0 aromatic heterocycles.